The highest BCUT2D eigenvalue weighted by Gasteiger charge is 2.26. The molecule has 2 aromatic carbocycles. The Labute approximate surface area is 149 Å². The van der Waals surface area contributed by atoms with Crippen LogP contribution in [0.4, 0.5) is 5.69 Å². The lowest BCUT2D eigenvalue weighted by atomic mass is 10.1. The number of phenols is 2. The summed E-state index contributed by atoms with van der Waals surface area (Å²) < 4.78 is 5.10. The number of aromatic nitrogens is 2. The average Bonchev–Trinajstić information content (AvgIpc) is 2.99. The van der Waals surface area contributed by atoms with E-state index < -0.39 is 0 Å². The van der Waals surface area contributed by atoms with E-state index in [-0.39, 0.29) is 17.2 Å². The summed E-state index contributed by atoms with van der Waals surface area (Å²) in [4.78, 5) is 10.2. The van der Waals surface area contributed by atoms with Crippen molar-refractivity contribution in [3.8, 4) is 28.6 Å². The number of phenolic OH excluding ortho intramolecular Hbond substituents is 2. The molecular weight excluding hydrogens is 338 g/mol. The van der Waals surface area contributed by atoms with Gasteiger partial charge in [-0.3, -0.25) is 0 Å². The number of hydrogen-bond donors (Lipinski definition) is 3. The second-order valence-corrected chi connectivity index (χ2v) is 7.23. The molecule has 6 nitrogen and oxygen atoms in total. The van der Waals surface area contributed by atoms with Gasteiger partial charge in [0.05, 0.1) is 18.1 Å². The molecule has 0 unspecified atom stereocenters. The third kappa shape index (κ3) is 2.74. The van der Waals surface area contributed by atoms with E-state index in [9.17, 15) is 10.2 Å². The fourth-order valence-corrected chi connectivity index (χ4v) is 3.67. The monoisotopic (exact) mass is 357 g/mol. The molecule has 0 spiro atoms. The minimum atomic E-state index is -0.272. The molecule has 0 aliphatic carbocycles. The number of methoxy groups -OCH3 is 1. The van der Waals surface area contributed by atoms with Crippen LogP contribution >= 0.6 is 11.8 Å². The number of rotatable bonds is 4. The van der Waals surface area contributed by atoms with Crippen LogP contribution < -0.4 is 9.64 Å². The standard InChI is InChI=1S/C18H19N3O3S/c1-24-16-6-10(5-15(22)17(16)23)18-19-13-4-3-11(7-14(13)20-18)21-8-12(9-21)25-2/h3-7,12,22-23H,8-9H2,1-2H3,(H,19,20). The Balaban J connectivity index is 1.69. The Bertz CT molecular complexity index is 935. The van der Waals surface area contributed by atoms with E-state index in [0.717, 1.165) is 24.1 Å². The first-order valence-corrected chi connectivity index (χ1v) is 9.25. The van der Waals surface area contributed by atoms with Gasteiger partial charge in [0.1, 0.15) is 5.82 Å². The number of anilines is 1. The van der Waals surface area contributed by atoms with Crippen molar-refractivity contribution in [1.82, 2.24) is 9.97 Å². The molecule has 0 atom stereocenters. The molecule has 4 rings (SSSR count). The maximum Gasteiger partial charge on any atom is 0.200 e. The van der Waals surface area contributed by atoms with Gasteiger partial charge in [0, 0.05) is 29.6 Å². The first-order chi connectivity index (χ1) is 12.1. The molecule has 3 N–H and O–H groups in total. The lowest BCUT2D eigenvalue weighted by molar-refractivity contribution is 0.351. The van der Waals surface area contributed by atoms with Crippen LogP contribution in [0, 0.1) is 0 Å². The molecule has 1 aromatic heterocycles. The van der Waals surface area contributed by atoms with E-state index in [4.69, 9.17) is 4.74 Å². The van der Waals surface area contributed by atoms with Crippen LogP contribution in [-0.4, -0.2) is 51.9 Å². The largest absolute Gasteiger partial charge is 0.504 e. The molecule has 0 bridgehead atoms. The summed E-state index contributed by atoms with van der Waals surface area (Å²) in [5.74, 6) is 0.316. The van der Waals surface area contributed by atoms with Gasteiger partial charge < -0.3 is 24.8 Å². The molecule has 0 saturated carbocycles. The Morgan fingerprint density at radius 2 is 2.04 bits per heavy atom. The number of H-pyrrole nitrogens is 1. The molecule has 7 heteroatoms. The summed E-state index contributed by atoms with van der Waals surface area (Å²) in [6.07, 6.45) is 2.15. The van der Waals surface area contributed by atoms with Crippen LogP contribution in [0.5, 0.6) is 17.2 Å². The third-order valence-corrected chi connectivity index (χ3v) is 5.52. The smallest absolute Gasteiger partial charge is 0.200 e. The van der Waals surface area contributed by atoms with Gasteiger partial charge in [-0.05, 0) is 36.6 Å². The van der Waals surface area contributed by atoms with E-state index in [1.807, 2.05) is 17.8 Å². The normalized spacial score (nSPS) is 14.7. The number of nitrogens with zero attached hydrogens (tertiary/aromatic N) is 2. The van der Waals surface area contributed by atoms with Gasteiger partial charge >= 0.3 is 0 Å². The molecule has 1 saturated heterocycles. The van der Waals surface area contributed by atoms with Crippen molar-refractivity contribution in [2.45, 2.75) is 5.25 Å². The van der Waals surface area contributed by atoms with Gasteiger partial charge in [0.2, 0.25) is 5.75 Å². The van der Waals surface area contributed by atoms with Gasteiger partial charge in [-0.1, -0.05) is 0 Å². The number of benzene rings is 2. The lowest BCUT2D eigenvalue weighted by Crippen LogP contribution is -2.48. The van der Waals surface area contributed by atoms with Crippen molar-refractivity contribution in [3.63, 3.8) is 0 Å². The maximum absolute atomic E-state index is 9.87. The second-order valence-electron chi connectivity index (χ2n) is 6.10. The van der Waals surface area contributed by atoms with Crippen molar-refractivity contribution in [3.05, 3.63) is 30.3 Å². The number of thioether (sulfide) groups is 1. The first kappa shape index (κ1) is 16.0. The molecule has 25 heavy (non-hydrogen) atoms. The van der Waals surface area contributed by atoms with E-state index in [2.05, 4.69) is 33.3 Å². The number of nitrogens with one attached hydrogen (secondary N) is 1. The van der Waals surface area contributed by atoms with Crippen LogP contribution in [0.15, 0.2) is 30.3 Å². The highest BCUT2D eigenvalue weighted by atomic mass is 32.2. The van der Waals surface area contributed by atoms with E-state index >= 15 is 0 Å². The van der Waals surface area contributed by atoms with Gasteiger partial charge in [-0.2, -0.15) is 11.8 Å². The number of ether oxygens (including phenoxy) is 1. The summed E-state index contributed by atoms with van der Waals surface area (Å²) in [5.41, 5.74) is 3.62. The number of fused-ring (bicyclic) bond motifs is 1. The Morgan fingerprint density at radius 1 is 1.24 bits per heavy atom. The van der Waals surface area contributed by atoms with E-state index in [1.165, 1.54) is 18.9 Å². The predicted octanol–water partition coefficient (Wildman–Crippen LogP) is 3.20. The van der Waals surface area contributed by atoms with Crippen LogP contribution in [0.2, 0.25) is 0 Å². The molecule has 2 heterocycles. The van der Waals surface area contributed by atoms with Crippen LogP contribution in [0.25, 0.3) is 22.4 Å². The number of imidazole rings is 1. The molecule has 1 aliphatic heterocycles. The lowest BCUT2D eigenvalue weighted by Gasteiger charge is -2.40. The quantitative estimate of drug-likeness (QED) is 0.622. The van der Waals surface area contributed by atoms with Gasteiger partial charge in [0.15, 0.2) is 11.5 Å². The Hall–Kier alpha value is -2.54. The van der Waals surface area contributed by atoms with Crippen molar-refractivity contribution in [1.29, 1.82) is 0 Å². The van der Waals surface area contributed by atoms with E-state index in [0.29, 0.717) is 16.6 Å². The van der Waals surface area contributed by atoms with Crippen molar-refractivity contribution < 1.29 is 14.9 Å². The van der Waals surface area contributed by atoms with Gasteiger partial charge in [0.25, 0.3) is 0 Å². The van der Waals surface area contributed by atoms with Crippen LogP contribution in [0.1, 0.15) is 0 Å². The molecule has 130 valence electrons. The maximum atomic E-state index is 9.87. The molecule has 1 fully saturated rings. The zero-order valence-corrected chi connectivity index (χ0v) is 14.8. The minimum absolute atomic E-state index is 0.208. The van der Waals surface area contributed by atoms with E-state index in [1.54, 1.807) is 6.07 Å². The predicted molar refractivity (Wildman–Crippen MR) is 101 cm³/mol. The fourth-order valence-electron chi connectivity index (χ4n) is 3.01. The molecule has 0 radical (unpaired) electrons. The second kappa shape index (κ2) is 6.07. The molecule has 1 aliphatic rings. The molecule has 0 amide bonds. The summed E-state index contributed by atoms with van der Waals surface area (Å²) in [5, 5.41) is 20.3. The SMILES string of the molecule is COc1cc(-c2nc3ccc(N4CC(SC)C4)cc3[nH]2)cc(O)c1O. The molecular formula is C18H19N3O3S. The van der Waals surface area contributed by atoms with Crippen LogP contribution in [-0.2, 0) is 0 Å². The summed E-state index contributed by atoms with van der Waals surface area (Å²) in [7, 11) is 1.44. The highest BCUT2D eigenvalue weighted by molar-refractivity contribution is 7.99. The topological polar surface area (TPSA) is 81.6 Å². The van der Waals surface area contributed by atoms with Crippen molar-refractivity contribution in [2.24, 2.45) is 0 Å². The third-order valence-electron chi connectivity index (χ3n) is 4.56. The first-order valence-electron chi connectivity index (χ1n) is 7.97. The zero-order chi connectivity index (χ0) is 17.6. The number of aromatic amines is 1. The van der Waals surface area contributed by atoms with Crippen LogP contribution in [0.3, 0.4) is 0 Å². The number of hydrogen-bond acceptors (Lipinski definition) is 6. The van der Waals surface area contributed by atoms with Crippen molar-refractivity contribution >= 4 is 28.5 Å². The minimum Gasteiger partial charge on any atom is -0.504 e. The average molecular weight is 357 g/mol. The zero-order valence-electron chi connectivity index (χ0n) is 14.0. The highest BCUT2D eigenvalue weighted by Crippen LogP contribution is 2.39. The summed E-state index contributed by atoms with van der Waals surface area (Å²) >= 11 is 1.90. The summed E-state index contributed by atoms with van der Waals surface area (Å²) in [6, 6.07) is 9.29. The van der Waals surface area contributed by atoms with Crippen molar-refractivity contribution in [2.75, 3.05) is 31.4 Å². The number of aromatic hydroxyl groups is 2. The Morgan fingerprint density at radius 3 is 2.76 bits per heavy atom. The molecule has 3 aromatic rings. The fraction of sp³-hybridized carbons (Fsp3) is 0.278. The van der Waals surface area contributed by atoms with Gasteiger partial charge in [-0.15, -0.1) is 0 Å². The van der Waals surface area contributed by atoms with Gasteiger partial charge in [-0.25, -0.2) is 4.98 Å². The Kier molecular flexibility index (Phi) is 3.88. The summed E-state index contributed by atoms with van der Waals surface area (Å²) in [6.45, 7) is 2.13.